The summed E-state index contributed by atoms with van der Waals surface area (Å²) in [4.78, 5) is 0. The number of hydrogen-bond donors (Lipinski definition) is 0. The number of rotatable bonds is 8. The maximum Gasteiger partial charge on any atom is -0.0156 e. The van der Waals surface area contributed by atoms with Gasteiger partial charge in [0, 0.05) is 0 Å². The van der Waals surface area contributed by atoms with Gasteiger partial charge in [0.05, 0.1) is 0 Å². The van der Waals surface area contributed by atoms with Gasteiger partial charge in [-0.15, -0.1) is 0 Å². The molecule has 0 amide bonds. The predicted molar refractivity (Wildman–Crippen MR) is 84.7 cm³/mol. The van der Waals surface area contributed by atoms with Crippen molar-refractivity contribution < 1.29 is 0 Å². The zero-order valence-electron chi connectivity index (χ0n) is 12.8. The van der Waals surface area contributed by atoms with Crippen LogP contribution in [-0.2, 0) is 6.42 Å². The Kier molecular flexibility index (Phi) is 5.94. The molecule has 2 unspecified atom stereocenters. The van der Waals surface area contributed by atoms with Gasteiger partial charge in [0.15, 0.2) is 0 Å². The fraction of sp³-hybridized carbons (Fsp3) is 0.684. The third-order valence-electron chi connectivity index (χ3n) is 4.81. The molecule has 1 aromatic carbocycles. The molecule has 106 valence electrons. The van der Waals surface area contributed by atoms with Gasteiger partial charge in [-0.25, -0.2) is 0 Å². The third-order valence-corrected chi connectivity index (χ3v) is 4.81. The molecule has 19 heavy (non-hydrogen) atoms. The van der Waals surface area contributed by atoms with Crippen LogP contribution in [0.1, 0.15) is 82.3 Å². The van der Waals surface area contributed by atoms with Crippen LogP contribution in [0.5, 0.6) is 0 Å². The lowest BCUT2D eigenvalue weighted by atomic mass is 9.91. The van der Waals surface area contributed by atoms with Crippen LogP contribution in [0, 0.1) is 5.92 Å². The highest BCUT2D eigenvalue weighted by atomic mass is 14.3. The van der Waals surface area contributed by atoms with Gasteiger partial charge in [0.25, 0.3) is 0 Å². The summed E-state index contributed by atoms with van der Waals surface area (Å²) >= 11 is 0. The first-order chi connectivity index (χ1) is 9.31. The fourth-order valence-corrected chi connectivity index (χ4v) is 3.55. The van der Waals surface area contributed by atoms with E-state index in [4.69, 9.17) is 0 Å². The molecular formula is C19H30. The fourth-order valence-electron chi connectivity index (χ4n) is 3.55. The largest absolute Gasteiger partial charge is 0.0654 e. The first kappa shape index (κ1) is 14.6. The first-order valence-corrected chi connectivity index (χ1v) is 8.39. The van der Waals surface area contributed by atoms with E-state index in [0.29, 0.717) is 0 Å². The van der Waals surface area contributed by atoms with Crippen LogP contribution < -0.4 is 0 Å². The number of aryl methyl sites for hydroxylation is 1. The molecule has 0 saturated carbocycles. The Hall–Kier alpha value is -0.780. The minimum atomic E-state index is 0.860. The minimum absolute atomic E-state index is 0.860. The van der Waals surface area contributed by atoms with E-state index in [1.807, 2.05) is 0 Å². The Morgan fingerprint density at radius 1 is 1.11 bits per heavy atom. The van der Waals surface area contributed by atoms with E-state index in [-0.39, 0.29) is 0 Å². The second-order valence-corrected chi connectivity index (χ2v) is 6.47. The number of unbranched alkanes of at least 4 members (excludes halogenated alkanes) is 2. The second-order valence-electron chi connectivity index (χ2n) is 6.47. The molecule has 0 aliphatic heterocycles. The van der Waals surface area contributed by atoms with Crippen molar-refractivity contribution in [1.82, 2.24) is 0 Å². The van der Waals surface area contributed by atoms with E-state index >= 15 is 0 Å². The SMILES string of the molecule is CCCCCC(C)CCCC1CCc2ccccc21. The zero-order chi connectivity index (χ0) is 13.5. The van der Waals surface area contributed by atoms with Crippen molar-refractivity contribution in [3.8, 4) is 0 Å². The second kappa shape index (κ2) is 7.72. The van der Waals surface area contributed by atoms with Crippen molar-refractivity contribution in [3.63, 3.8) is 0 Å². The molecule has 0 fully saturated rings. The minimum Gasteiger partial charge on any atom is -0.0654 e. The van der Waals surface area contributed by atoms with Crippen molar-refractivity contribution in [3.05, 3.63) is 35.4 Å². The molecule has 2 atom stereocenters. The summed E-state index contributed by atoms with van der Waals surface area (Å²) in [7, 11) is 0. The molecule has 0 aromatic heterocycles. The lowest BCUT2D eigenvalue weighted by Crippen LogP contribution is -1.98. The predicted octanol–water partition coefficient (Wildman–Crippen LogP) is 6.10. The Labute approximate surface area is 119 Å². The summed E-state index contributed by atoms with van der Waals surface area (Å²) < 4.78 is 0. The van der Waals surface area contributed by atoms with Gasteiger partial charge in [-0.2, -0.15) is 0 Å². The van der Waals surface area contributed by atoms with E-state index in [9.17, 15) is 0 Å². The molecule has 0 saturated heterocycles. The van der Waals surface area contributed by atoms with Gasteiger partial charge in [-0.05, 0) is 42.2 Å². The molecule has 0 nitrogen and oxygen atoms in total. The number of hydrogen-bond acceptors (Lipinski definition) is 0. The average Bonchev–Trinajstić information content (AvgIpc) is 2.83. The molecule has 0 N–H and O–H groups in total. The van der Waals surface area contributed by atoms with E-state index < -0.39 is 0 Å². The van der Waals surface area contributed by atoms with Crippen LogP contribution in [0.2, 0.25) is 0 Å². The van der Waals surface area contributed by atoms with E-state index in [0.717, 1.165) is 11.8 Å². The van der Waals surface area contributed by atoms with Crippen LogP contribution in [0.15, 0.2) is 24.3 Å². The monoisotopic (exact) mass is 258 g/mol. The standard InChI is InChI=1S/C19H30/c1-3-4-5-9-16(2)10-8-12-18-15-14-17-11-6-7-13-19(17)18/h6-7,11,13,16,18H,3-5,8-10,12,14-15H2,1-2H3. The molecular weight excluding hydrogens is 228 g/mol. The van der Waals surface area contributed by atoms with Crippen molar-refractivity contribution in [2.24, 2.45) is 5.92 Å². The van der Waals surface area contributed by atoms with Gasteiger partial charge < -0.3 is 0 Å². The quantitative estimate of drug-likeness (QED) is 0.494. The van der Waals surface area contributed by atoms with Crippen molar-refractivity contribution in [1.29, 1.82) is 0 Å². The number of benzene rings is 1. The van der Waals surface area contributed by atoms with Crippen LogP contribution in [0.4, 0.5) is 0 Å². The normalized spacial score (nSPS) is 19.4. The van der Waals surface area contributed by atoms with Gasteiger partial charge in [0.1, 0.15) is 0 Å². The summed E-state index contributed by atoms with van der Waals surface area (Å²) in [5.74, 6) is 1.79. The Morgan fingerprint density at radius 2 is 1.89 bits per heavy atom. The third kappa shape index (κ3) is 4.37. The van der Waals surface area contributed by atoms with Crippen LogP contribution in [0.3, 0.4) is 0 Å². The highest BCUT2D eigenvalue weighted by Crippen LogP contribution is 2.36. The summed E-state index contributed by atoms with van der Waals surface area (Å²) in [6.07, 6.45) is 12.6. The zero-order valence-corrected chi connectivity index (χ0v) is 12.8. The van der Waals surface area contributed by atoms with E-state index in [1.54, 1.807) is 11.1 Å². The van der Waals surface area contributed by atoms with E-state index in [2.05, 4.69) is 38.1 Å². The summed E-state index contributed by atoms with van der Waals surface area (Å²) in [6.45, 7) is 4.74. The smallest absolute Gasteiger partial charge is 0.0156 e. The molecule has 1 aromatic rings. The van der Waals surface area contributed by atoms with Gasteiger partial charge >= 0.3 is 0 Å². The Morgan fingerprint density at radius 3 is 2.74 bits per heavy atom. The maximum absolute atomic E-state index is 2.44. The summed E-state index contributed by atoms with van der Waals surface area (Å²) in [5, 5.41) is 0. The molecule has 0 radical (unpaired) electrons. The first-order valence-electron chi connectivity index (χ1n) is 8.39. The molecule has 1 aliphatic carbocycles. The maximum atomic E-state index is 2.44. The van der Waals surface area contributed by atoms with Gasteiger partial charge in [-0.1, -0.05) is 76.6 Å². The van der Waals surface area contributed by atoms with Crippen LogP contribution in [0.25, 0.3) is 0 Å². The molecule has 0 heteroatoms. The highest BCUT2D eigenvalue weighted by molar-refractivity contribution is 5.34. The number of fused-ring (bicyclic) bond motifs is 1. The van der Waals surface area contributed by atoms with Crippen LogP contribution in [-0.4, -0.2) is 0 Å². The lowest BCUT2D eigenvalue weighted by molar-refractivity contribution is 0.430. The van der Waals surface area contributed by atoms with Crippen molar-refractivity contribution in [2.45, 2.75) is 77.6 Å². The lowest BCUT2D eigenvalue weighted by Gasteiger charge is -2.14. The summed E-state index contributed by atoms with van der Waals surface area (Å²) in [6, 6.07) is 9.09. The average molecular weight is 258 g/mol. The molecule has 1 aliphatic rings. The molecule has 0 bridgehead atoms. The summed E-state index contributed by atoms with van der Waals surface area (Å²) in [5.41, 5.74) is 3.27. The Balaban J connectivity index is 1.67. The van der Waals surface area contributed by atoms with Crippen molar-refractivity contribution >= 4 is 0 Å². The molecule has 0 heterocycles. The van der Waals surface area contributed by atoms with Crippen molar-refractivity contribution in [2.75, 3.05) is 0 Å². The highest BCUT2D eigenvalue weighted by Gasteiger charge is 2.21. The van der Waals surface area contributed by atoms with Gasteiger partial charge in [-0.3, -0.25) is 0 Å². The van der Waals surface area contributed by atoms with Crippen LogP contribution >= 0.6 is 0 Å². The molecule has 2 rings (SSSR count). The molecule has 0 spiro atoms. The Bertz CT molecular complexity index is 366. The topological polar surface area (TPSA) is 0 Å². The van der Waals surface area contributed by atoms with Gasteiger partial charge in [0.2, 0.25) is 0 Å². The van der Waals surface area contributed by atoms with E-state index in [1.165, 1.54) is 57.8 Å².